The van der Waals surface area contributed by atoms with Crippen molar-refractivity contribution in [2.45, 2.75) is 0 Å². The lowest BCUT2D eigenvalue weighted by Gasteiger charge is -2.35. The van der Waals surface area contributed by atoms with Crippen molar-refractivity contribution in [1.29, 1.82) is 0 Å². The standard InChI is InChI=1S/C25H22N4O/c30-25(22-11-10-19-6-4-5-9-21(19)18-22)29-16-14-28(15-17-29)24-13-12-23(26-27-24)20-7-2-1-3-8-20/h1-13,18H,14-17H2. The fourth-order valence-electron chi connectivity index (χ4n) is 3.90. The third-order valence-electron chi connectivity index (χ3n) is 5.61. The van der Waals surface area contributed by atoms with Gasteiger partial charge in [0, 0.05) is 37.3 Å². The first kappa shape index (κ1) is 18.3. The molecule has 5 nitrogen and oxygen atoms in total. The Balaban J connectivity index is 1.25. The quantitative estimate of drug-likeness (QED) is 0.521. The highest BCUT2D eigenvalue weighted by Gasteiger charge is 2.23. The Morgan fingerprint density at radius 2 is 1.43 bits per heavy atom. The van der Waals surface area contributed by atoms with E-state index in [2.05, 4.69) is 21.2 Å². The van der Waals surface area contributed by atoms with Gasteiger partial charge in [0.25, 0.3) is 5.91 Å². The molecular weight excluding hydrogens is 372 g/mol. The Kier molecular flexibility index (Phi) is 4.85. The lowest BCUT2D eigenvalue weighted by molar-refractivity contribution is 0.0746. The van der Waals surface area contributed by atoms with Crippen LogP contribution in [0.3, 0.4) is 0 Å². The van der Waals surface area contributed by atoms with Gasteiger partial charge in [-0.2, -0.15) is 0 Å². The van der Waals surface area contributed by atoms with Crippen LogP contribution >= 0.6 is 0 Å². The molecule has 0 spiro atoms. The van der Waals surface area contributed by atoms with Gasteiger partial charge in [0.05, 0.1) is 5.69 Å². The number of rotatable bonds is 3. The average Bonchev–Trinajstić information content (AvgIpc) is 2.84. The molecule has 1 aliphatic heterocycles. The third-order valence-corrected chi connectivity index (χ3v) is 5.61. The minimum absolute atomic E-state index is 0.0888. The number of piperazine rings is 1. The predicted molar refractivity (Wildman–Crippen MR) is 120 cm³/mol. The van der Waals surface area contributed by atoms with Crippen molar-refractivity contribution in [3.8, 4) is 11.3 Å². The maximum atomic E-state index is 13.0. The van der Waals surface area contributed by atoms with Crippen molar-refractivity contribution in [3.05, 3.63) is 90.5 Å². The van der Waals surface area contributed by atoms with Gasteiger partial charge in [-0.25, -0.2) is 0 Å². The minimum atomic E-state index is 0.0888. The van der Waals surface area contributed by atoms with Crippen LogP contribution in [0.25, 0.3) is 22.0 Å². The van der Waals surface area contributed by atoms with E-state index in [1.165, 1.54) is 0 Å². The van der Waals surface area contributed by atoms with Crippen LogP contribution in [0, 0.1) is 0 Å². The third kappa shape index (κ3) is 3.62. The molecule has 148 valence electrons. The number of carbonyl (C=O) groups excluding carboxylic acids is 1. The van der Waals surface area contributed by atoms with Gasteiger partial charge in [-0.05, 0) is 35.0 Å². The molecular formula is C25H22N4O. The molecule has 5 rings (SSSR count). The largest absolute Gasteiger partial charge is 0.352 e. The fraction of sp³-hybridized carbons (Fsp3) is 0.160. The molecule has 0 N–H and O–H groups in total. The van der Waals surface area contributed by atoms with Gasteiger partial charge in [0.15, 0.2) is 5.82 Å². The SMILES string of the molecule is O=C(c1ccc2ccccc2c1)N1CCN(c2ccc(-c3ccccc3)nn2)CC1. The van der Waals surface area contributed by atoms with Gasteiger partial charge >= 0.3 is 0 Å². The molecule has 1 aromatic heterocycles. The van der Waals surface area contributed by atoms with Crippen molar-refractivity contribution in [2.75, 3.05) is 31.1 Å². The first-order valence-corrected chi connectivity index (χ1v) is 10.2. The van der Waals surface area contributed by atoms with Crippen LogP contribution in [-0.4, -0.2) is 47.2 Å². The topological polar surface area (TPSA) is 49.3 Å². The summed E-state index contributed by atoms with van der Waals surface area (Å²) in [6.07, 6.45) is 0. The summed E-state index contributed by atoms with van der Waals surface area (Å²) in [4.78, 5) is 17.1. The van der Waals surface area contributed by atoms with Crippen molar-refractivity contribution in [3.63, 3.8) is 0 Å². The number of anilines is 1. The molecule has 30 heavy (non-hydrogen) atoms. The van der Waals surface area contributed by atoms with Gasteiger partial charge in [-0.3, -0.25) is 4.79 Å². The highest BCUT2D eigenvalue weighted by atomic mass is 16.2. The molecule has 1 saturated heterocycles. The molecule has 0 aliphatic carbocycles. The van der Waals surface area contributed by atoms with Crippen LogP contribution in [0.2, 0.25) is 0 Å². The smallest absolute Gasteiger partial charge is 0.253 e. The molecule has 0 saturated carbocycles. The molecule has 1 aliphatic rings. The van der Waals surface area contributed by atoms with Crippen LogP contribution in [0.4, 0.5) is 5.82 Å². The first-order valence-electron chi connectivity index (χ1n) is 10.2. The van der Waals surface area contributed by atoms with E-state index in [9.17, 15) is 4.79 Å². The number of amides is 1. The number of carbonyl (C=O) groups is 1. The van der Waals surface area contributed by atoms with E-state index in [1.54, 1.807) is 0 Å². The summed E-state index contributed by atoms with van der Waals surface area (Å²) in [6, 6.07) is 28.1. The molecule has 0 bridgehead atoms. The van der Waals surface area contributed by atoms with Gasteiger partial charge in [-0.15, -0.1) is 10.2 Å². The zero-order valence-corrected chi connectivity index (χ0v) is 16.6. The molecule has 0 atom stereocenters. The van der Waals surface area contributed by atoms with E-state index in [0.717, 1.165) is 46.5 Å². The molecule has 2 heterocycles. The summed E-state index contributed by atoms with van der Waals surface area (Å²) in [5, 5.41) is 11.0. The van der Waals surface area contributed by atoms with Crippen LogP contribution in [0.15, 0.2) is 84.9 Å². The second-order valence-corrected chi connectivity index (χ2v) is 7.48. The van der Waals surface area contributed by atoms with Crippen molar-refractivity contribution >= 4 is 22.5 Å². The van der Waals surface area contributed by atoms with Gasteiger partial charge < -0.3 is 9.80 Å². The Morgan fingerprint density at radius 3 is 2.17 bits per heavy atom. The average molecular weight is 394 g/mol. The van der Waals surface area contributed by atoms with E-state index in [-0.39, 0.29) is 5.91 Å². The second kappa shape index (κ2) is 7.95. The van der Waals surface area contributed by atoms with Crippen LogP contribution in [0.5, 0.6) is 0 Å². The summed E-state index contributed by atoms with van der Waals surface area (Å²) < 4.78 is 0. The lowest BCUT2D eigenvalue weighted by atomic mass is 10.1. The second-order valence-electron chi connectivity index (χ2n) is 7.48. The first-order chi connectivity index (χ1) is 14.8. The molecule has 4 aromatic rings. The van der Waals surface area contributed by atoms with E-state index in [4.69, 9.17) is 0 Å². The molecule has 0 unspecified atom stereocenters. The van der Waals surface area contributed by atoms with Gasteiger partial charge in [0.1, 0.15) is 0 Å². The molecule has 1 amide bonds. The summed E-state index contributed by atoms with van der Waals surface area (Å²) in [5.41, 5.74) is 2.67. The molecule has 3 aromatic carbocycles. The summed E-state index contributed by atoms with van der Waals surface area (Å²) in [6.45, 7) is 2.85. The Morgan fingerprint density at radius 1 is 0.700 bits per heavy atom. The minimum Gasteiger partial charge on any atom is -0.352 e. The van der Waals surface area contributed by atoms with Crippen molar-refractivity contribution < 1.29 is 4.79 Å². The van der Waals surface area contributed by atoms with E-state index in [0.29, 0.717) is 13.1 Å². The highest BCUT2D eigenvalue weighted by Crippen LogP contribution is 2.21. The predicted octanol–water partition coefficient (Wildman–Crippen LogP) is 4.26. The number of fused-ring (bicyclic) bond motifs is 1. The maximum absolute atomic E-state index is 13.0. The van der Waals surface area contributed by atoms with Crippen molar-refractivity contribution in [2.24, 2.45) is 0 Å². The molecule has 5 heteroatoms. The summed E-state index contributed by atoms with van der Waals surface area (Å²) >= 11 is 0. The summed E-state index contributed by atoms with van der Waals surface area (Å²) in [7, 11) is 0. The van der Waals surface area contributed by atoms with E-state index >= 15 is 0 Å². The zero-order valence-electron chi connectivity index (χ0n) is 16.6. The normalized spacial score (nSPS) is 14.1. The highest BCUT2D eigenvalue weighted by molar-refractivity contribution is 5.98. The summed E-state index contributed by atoms with van der Waals surface area (Å²) in [5.74, 6) is 0.943. The monoisotopic (exact) mass is 394 g/mol. The lowest BCUT2D eigenvalue weighted by Crippen LogP contribution is -2.49. The fourth-order valence-corrected chi connectivity index (χ4v) is 3.90. The molecule has 1 fully saturated rings. The number of nitrogens with zero attached hydrogens (tertiary/aromatic N) is 4. The zero-order chi connectivity index (χ0) is 20.3. The number of hydrogen-bond donors (Lipinski definition) is 0. The maximum Gasteiger partial charge on any atom is 0.253 e. The number of benzene rings is 3. The van der Waals surface area contributed by atoms with Crippen LogP contribution in [-0.2, 0) is 0 Å². The number of hydrogen-bond acceptors (Lipinski definition) is 4. The van der Waals surface area contributed by atoms with Crippen LogP contribution < -0.4 is 4.90 Å². The Hall–Kier alpha value is -3.73. The van der Waals surface area contributed by atoms with Gasteiger partial charge in [0.2, 0.25) is 0 Å². The number of aromatic nitrogens is 2. The Labute approximate surface area is 175 Å². The van der Waals surface area contributed by atoms with Gasteiger partial charge in [-0.1, -0.05) is 60.7 Å². The van der Waals surface area contributed by atoms with Crippen LogP contribution in [0.1, 0.15) is 10.4 Å². The molecule has 0 radical (unpaired) electrons. The van der Waals surface area contributed by atoms with Crippen molar-refractivity contribution in [1.82, 2.24) is 15.1 Å². The Bertz CT molecular complexity index is 1170. The van der Waals surface area contributed by atoms with E-state index in [1.807, 2.05) is 83.8 Å². The van der Waals surface area contributed by atoms with E-state index < -0.39 is 0 Å².